The molecule has 0 aliphatic carbocycles. The van der Waals surface area contributed by atoms with E-state index in [2.05, 4.69) is 9.97 Å². The standard InChI is InChI=1S/C27H30F2N3O8P/c1-6-27(29)22(33)20(39-26(27)32-12-19(28)21-23(32)30-17(5)31-24(21)34)13-37-41(36,40-18-10-8-7-9-11-18)14-16(4)25(35)38-15(2)3/h1,7-12,15-16,20,22,26,33H,13-14H2,2-5H3,(H,30,31,34)/t16-,20-,22+,26-,27?,41+/m1/s1/i13D2. The SMILES string of the molecule is [2H]C([2H])(O[P@@](=O)(C[C@@H](C)C(=O)OC(C)C)Oc1ccccc1)[C@H]1O[C@@H](n2cc(F)c3c(=O)[nH]c(C)nc32)C(F)(C#C)[C@H]1O. The predicted molar refractivity (Wildman–Crippen MR) is 144 cm³/mol. The van der Waals surface area contributed by atoms with Crippen LogP contribution < -0.4 is 10.1 Å². The highest BCUT2D eigenvalue weighted by atomic mass is 31.2. The molecule has 1 aliphatic heterocycles. The van der Waals surface area contributed by atoms with Gasteiger partial charge in [-0.3, -0.25) is 18.7 Å². The van der Waals surface area contributed by atoms with Gasteiger partial charge in [0.1, 0.15) is 29.2 Å². The van der Waals surface area contributed by atoms with Crippen LogP contribution in [0.3, 0.4) is 0 Å². The Morgan fingerprint density at radius 3 is 2.71 bits per heavy atom. The van der Waals surface area contributed by atoms with Gasteiger partial charge in [-0.05, 0) is 32.9 Å². The van der Waals surface area contributed by atoms with Crippen molar-refractivity contribution in [2.45, 2.75) is 57.9 Å². The number of nitrogens with one attached hydrogen (secondary N) is 1. The second-order valence-electron chi connectivity index (χ2n) is 9.79. The van der Waals surface area contributed by atoms with E-state index in [1.54, 1.807) is 38.0 Å². The molecule has 3 aromatic rings. The molecule has 0 saturated carbocycles. The summed E-state index contributed by atoms with van der Waals surface area (Å²) in [5.74, 6) is -1.20. The van der Waals surface area contributed by atoms with Gasteiger partial charge in [0, 0.05) is 6.20 Å². The first-order valence-electron chi connectivity index (χ1n) is 13.5. The smallest absolute Gasteiger partial charge is 0.380 e. The Labute approximate surface area is 237 Å². The normalized spacial score (nSPS) is 25.7. The van der Waals surface area contributed by atoms with E-state index in [1.165, 1.54) is 26.0 Å². The van der Waals surface area contributed by atoms with Gasteiger partial charge in [0.2, 0.25) is 5.67 Å². The van der Waals surface area contributed by atoms with E-state index in [0.717, 1.165) is 4.57 Å². The second-order valence-corrected chi connectivity index (χ2v) is 11.7. The molecule has 2 N–H and O–H groups in total. The molecule has 0 radical (unpaired) electrons. The van der Waals surface area contributed by atoms with Crippen LogP contribution >= 0.6 is 7.60 Å². The Morgan fingerprint density at radius 1 is 1.39 bits per heavy atom. The average Bonchev–Trinajstić information content (AvgIpc) is 3.37. The number of aryl methyl sites for hydroxylation is 1. The Hall–Kier alpha value is -3.56. The summed E-state index contributed by atoms with van der Waals surface area (Å²) in [4.78, 5) is 31.2. The van der Waals surface area contributed by atoms with Crippen molar-refractivity contribution in [1.82, 2.24) is 14.5 Å². The highest BCUT2D eigenvalue weighted by molar-refractivity contribution is 7.54. The summed E-state index contributed by atoms with van der Waals surface area (Å²) in [5.41, 5.74) is -4.47. The lowest BCUT2D eigenvalue weighted by Gasteiger charge is -2.24. The zero-order chi connectivity index (χ0) is 31.9. The minimum atomic E-state index is -4.65. The van der Waals surface area contributed by atoms with Crippen molar-refractivity contribution >= 4 is 24.6 Å². The third-order valence-electron chi connectivity index (χ3n) is 6.13. The number of carbonyl (C=O) groups excluding carboxylic acids is 1. The van der Waals surface area contributed by atoms with Crippen molar-refractivity contribution in [3.8, 4) is 18.1 Å². The number of benzene rings is 1. The molecule has 1 aliphatic rings. The topological polar surface area (TPSA) is 142 Å². The number of alkyl halides is 1. The maximum atomic E-state index is 16.3. The molecule has 41 heavy (non-hydrogen) atoms. The first-order valence-corrected chi connectivity index (χ1v) is 14.3. The van der Waals surface area contributed by atoms with Gasteiger partial charge in [0.05, 0.1) is 27.5 Å². The monoisotopic (exact) mass is 595 g/mol. The average molecular weight is 596 g/mol. The summed E-state index contributed by atoms with van der Waals surface area (Å²) in [5, 5.41) is 10.4. The van der Waals surface area contributed by atoms with E-state index >= 15 is 4.39 Å². The number of terminal acetylenes is 1. The number of aromatic amines is 1. The lowest BCUT2D eigenvalue weighted by Crippen LogP contribution is -2.42. The lowest BCUT2D eigenvalue weighted by atomic mass is 9.97. The molecule has 220 valence electrons. The fourth-order valence-corrected chi connectivity index (χ4v) is 5.93. The first-order chi connectivity index (χ1) is 20.0. The molecule has 1 unspecified atom stereocenters. The minimum Gasteiger partial charge on any atom is -0.463 e. The van der Waals surface area contributed by atoms with Crippen LogP contribution in [0.25, 0.3) is 11.0 Å². The molecule has 0 bridgehead atoms. The highest BCUT2D eigenvalue weighted by Gasteiger charge is 2.58. The highest BCUT2D eigenvalue weighted by Crippen LogP contribution is 2.51. The van der Waals surface area contributed by atoms with Crippen molar-refractivity contribution in [2.24, 2.45) is 5.92 Å². The summed E-state index contributed by atoms with van der Waals surface area (Å²) in [6.07, 6.45) is -1.91. The van der Waals surface area contributed by atoms with Crippen molar-refractivity contribution in [2.75, 3.05) is 12.7 Å². The van der Waals surface area contributed by atoms with Gasteiger partial charge in [0.25, 0.3) is 5.56 Å². The van der Waals surface area contributed by atoms with Crippen molar-refractivity contribution in [3.05, 3.63) is 58.5 Å². The van der Waals surface area contributed by atoms with Gasteiger partial charge in [0.15, 0.2) is 17.7 Å². The summed E-state index contributed by atoms with van der Waals surface area (Å²) >= 11 is 0. The van der Waals surface area contributed by atoms with Gasteiger partial charge < -0.3 is 24.1 Å². The Kier molecular flexibility index (Phi) is 7.90. The van der Waals surface area contributed by atoms with Gasteiger partial charge in [-0.25, -0.2) is 18.3 Å². The molecule has 6 atom stereocenters. The molecular weight excluding hydrogens is 563 g/mol. The van der Waals surface area contributed by atoms with Crippen LogP contribution in [0.5, 0.6) is 5.75 Å². The van der Waals surface area contributed by atoms with Crippen LogP contribution in [0.2, 0.25) is 0 Å². The van der Waals surface area contributed by atoms with E-state index in [1.807, 2.05) is 0 Å². The number of halogens is 2. The third-order valence-corrected chi connectivity index (χ3v) is 8.00. The molecule has 0 spiro atoms. The third kappa shape index (κ3) is 6.21. The summed E-state index contributed by atoms with van der Waals surface area (Å²) in [6, 6.07) is 7.55. The number of hydrogen-bond acceptors (Lipinski definition) is 9. The number of H-pyrrole nitrogens is 1. The minimum absolute atomic E-state index is 0.00115. The van der Waals surface area contributed by atoms with Gasteiger partial charge >= 0.3 is 13.6 Å². The fourth-order valence-electron chi connectivity index (χ4n) is 4.22. The van der Waals surface area contributed by atoms with E-state index in [-0.39, 0.29) is 17.2 Å². The van der Waals surface area contributed by atoms with Crippen LogP contribution in [0.4, 0.5) is 8.78 Å². The summed E-state index contributed by atoms with van der Waals surface area (Å²) in [7, 11) is -4.65. The maximum Gasteiger partial charge on any atom is 0.380 e. The Morgan fingerprint density at radius 2 is 2.07 bits per heavy atom. The number of aliphatic hydroxyl groups excluding tert-OH is 1. The van der Waals surface area contributed by atoms with E-state index in [9.17, 15) is 23.7 Å². The quantitative estimate of drug-likeness (QED) is 0.204. The molecule has 14 heteroatoms. The van der Waals surface area contributed by atoms with Crippen LogP contribution in [0.15, 0.2) is 41.3 Å². The van der Waals surface area contributed by atoms with Crippen molar-refractivity contribution < 1.29 is 44.5 Å². The van der Waals surface area contributed by atoms with Crippen LogP contribution in [-0.4, -0.2) is 62.3 Å². The number of esters is 1. The first kappa shape index (κ1) is 27.6. The van der Waals surface area contributed by atoms with Crippen molar-refractivity contribution in [1.29, 1.82) is 0 Å². The zero-order valence-electron chi connectivity index (χ0n) is 24.5. The van der Waals surface area contributed by atoms with Crippen LogP contribution in [-0.2, 0) is 23.4 Å². The van der Waals surface area contributed by atoms with E-state index < -0.39 is 79.2 Å². The molecule has 11 nitrogen and oxygen atoms in total. The number of fused-ring (bicyclic) bond motifs is 1. The Bertz CT molecular complexity index is 1660. The maximum absolute atomic E-state index is 16.3. The number of nitrogens with zero attached hydrogens (tertiary/aromatic N) is 2. The van der Waals surface area contributed by atoms with E-state index in [4.69, 9.17) is 27.7 Å². The Balaban J connectivity index is 1.71. The molecular formula is C27H30F2N3O8P. The van der Waals surface area contributed by atoms with Crippen LogP contribution in [0, 0.1) is 31.0 Å². The number of aromatic nitrogens is 3. The number of para-hydroxylation sites is 1. The van der Waals surface area contributed by atoms with Gasteiger partial charge in [-0.1, -0.05) is 31.0 Å². The van der Waals surface area contributed by atoms with Gasteiger partial charge in [-0.15, -0.1) is 6.42 Å². The zero-order valence-corrected chi connectivity index (χ0v) is 23.4. The summed E-state index contributed by atoms with van der Waals surface area (Å²) < 4.78 is 84.6. The number of ether oxygens (including phenoxy) is 2. The molecule has 1 aromatic carbocycles. The van der Waals surface area contributed by atoms with E-state index in [0.29, 0.717) is 6.20 Å². The van der Waals surface area contributed by atoms with Crippen LogP contribution in [0.1, 0.15) is 35.6 Å². The lowest BCUT2D eigenvalue weighted by molar-refractivity contribution is -0.151. The van der Waals surface area contributed by atoms with Crippen molar-refractivity contribution in [3.63, 3.8) is 0 Å². The molecule has 1 saturated heterocycles. The number of aliphatic hydroxyl groups is 1. The molecule has 4 rings (SSSR count). The molecule has 1 fully saturated rings. The number of hydrogen-bond donors (Lipinski definition) is 2. The summed E-state index contributed by atoms with van der Waals surface area (Å²) in [6.45, 7) is 2.69. The number of carbonyl (C=O) groups is 1. The number of rotatable bonds is 10. The largest absolute Gasteiger partial charge is 0.463 e. The molecule has 3 heterocycles. The predicted octanol–water partition coefficient (Wildman–Crippen LogP) is 3.65. The van der Waals surface area contributed by atoms with Gasteiger partial charge in [-0.2, -0.15) is 0 Å². The second kappa shape index (κ2) is 11.7. The fraction of sp³-hybridized carbons (Fsp3) is 0.444. The molecule has 2 aromatic heterocycles. The molecule has 0 amide bonds.